The molecule has 1 aromatic carbocycles. The maximum atomic E-state index is 12.5. The van der Waals surface area contributed by atoms with Crippen molar-refractivity contribution in [2.24, 2.45) is 0 Å². The minimum atomic E-state index is -0.623. The lowest BCUT2D eigenvalue weighted by molar-refractivity contribution is -0.117. The zero-order valence-corrected chi connectivity index (χ0v) is 17.0. The number of carbonyl (C=O) groups excluding carboxylic acids is 3. The zero-order chi connectivity index (χ0) is 20.4. The van der Waals surface area contributed by atoms with E-state index in [-0.39, 0.29) is 23.9 Å². The molecule has 28 heavy (non-hydrogen) atoms. The Morgan fingerprint density at radius 1 is 1.21 bits per heavy atom. The van der Waals surface area contributed by atoms with Gasteiger partial charge in [0.2, 0.25) is 11.7 Å². The Morgan fingerprint density at radius 3 is 2.57 bits per heavy atom. The molecule has 148 valence electrons. The normalized spacial score (nSPS) is 13.9. The molecule has 0 N–H and O–H groups in total. The van der Waals surface area contributed by atoms with Crippen molar-refractivity contribution in [1.29, 1.82) is 0 Å². The Kier molecular flexibility index (Phi) is 5.89. The second-order valence-corrected chi connectivity index (χ2v) is 7.25. The van der Waals surface area contributed by atoms with Gasteiger partial charge in [0.25, 0.3) is 0 Å². The fourth-order valence-electron chi connectivity index (χ4n) is 3.61. The molecule has 0 unspecified atom stereocenters. The summed E-state index contributed by atoms with van der Waals surface area (Å²) >= 11 is 6.20. The Balaban J connectivity index is 1.71. The molecule has 6 nitrogen and oxygen atoms in total. The molecule has 0 radical (unpaired) electrons. The Hall–Kier alpha value is -2.60. The third kappa shape index (κ3) is 3.83. The van der Waals surface area contributed by atoms with Crippen LogP contribution in [0.2, 0.25) is 5.02 Å². The molecule has 1 aliphatic heterocycles. The lowest BCUT2D eigenvalue weighted by Gasteiger charge is -2.18. The van der Waals surface area contributed by atoms with Gasteiger partial charge >= 0.3 is 5.97 Å². The number of Topliss-reactive ketones (excluding diaryl/α,β-unsaturated/α-hetero) is 1. The second kappa shape index (κ2) is 8.19. The van der Waals surface area contributed by atoms with Gasteiger partial charge in [0, 0.05) is 36.5 Å². The van der Waals surface area contributed by atoms with Gasteiger partial charge in [0.1, 0.15) is 0 Å². The molecule has 1 aromatic heterocycles. The van der Waals surface area contributed by atoms with Gasteiger partial charge in [-0.2, -0.15) is 0 Å². The molecule has 3 rings (SSSR count). The first kappa shape index (κ1) is 20.1. The van der Waals surface area contributed by atoms with Crippen molar-refractivity contribution >= 4 is 34.9 Å². The van der Waals surface area contributed by atoms with Crippen LogP contribution in [0.25, 0.3) is 0 Å². The number of hydrogen-bond donors (Lipinski definition) is 0. The second-order valence-electron chi connectivity index (χ2n) is 6.84. The Morgan fingerprint density at radius 2 is 1.96 bits per heavy atom. The van der Waals surface area contributed by atoms with Crippen molar-refractivity contribution in [2.45, 2.75) is 40.2 Å². The van der Waals surface area contributed by atoms with E-state index in [9.17, 15) is 14.4 Å². The number of aromatic nitrogens is 1. The topological polar surface area (TPSA) is 68.6 Å². The molecular formula is C21H23ClN2O4. The van der Waals surface area contributed by atoms with E-state index in [1.165, 1.54) is 6.07 Å². The minimum Gasteiger partial charge on any atom is -0.454 e. The van der Waals surface area contributed by atoms with Crippen LogP contribution in [0.4, 0.5) is 5.69 Å². The van der Waals surface area contributed by atoms with Crippen molar-refractivity contribution < 1.29 is 19.1 Å². The molecule has 1 amide bonds. The highest BCUT2D eigenvalue weighted by Crippen LogP contribution is 2.30. The summed E-state index contributed by atoms with van der Waals surface area (Å²) in [6.45, 7) is 6.83. The number of nitrogens with zero attached hydrogens (tertiary/aromatic N) is 2. The number of rotatable bonds is 6. The van der Waals surface area contributed by atoms with Crippen molar-refractivity contribution in [3.8, 4) is 0 Å². The number of ketones is 1. The summed E-state index contributed by atoms with van der Waals surface area (Å²) in [5.41, 5.74) is 3.17. The van der Waals surface area contributed by atoms with Crippen molar-refractivity contribution in [3.05, 3.63) is 51.8 Å². The predicted molar refractivity (Wildman–Crippen MR) is 107 cm³/mol. The van der Waals surface area contributed by atoms with E-state index in [4.69, 9.17) is 16.3 Å². The first-order valence-electron chi connectivity index (χ1n) is 9.30. The molecular weight excluding hydrogens is 380 g/mol. The third-order valence-electron chi connectivity index (χ3n) is 5.07. The standard InChI is InChI=1S/C21H23ClN2O4/c1-4-23-13(2)10-16(14(23)3)19(25)12-28-21(27)15-7-8-17(22)18(11-15)24-9-5-6-20(24)26/h7-8,10-11H,4-6,9,12H2,1-3H3. The van der Waals surface area contributed by atoms with Crippen molar-refractivity contribution in [2.75, 3.05) is 18.1 Å². The molecule has 2 aromatic rings. The summed E-state index contributed by atoms with van der Waals surface area (Å²) in [5, 5.41) is 0.398. The summed E-state index contributed by atoms with van der Waals surface area (Å²) in [5.74, 6) is -0.888. The average Bonchev–Trinajstić information content (AvgIpc) is 3.22. The largest absolute Gasteiger partial charge is 0.454 e. The van der Waals surface area contributed by atoms with Crippen LogP contribution in [0.3, 0.4) is 0 Å². The minimum absolute atomic E-state index is 0.0196. The first-order chi connectivity index (χ1) is 13.3. The van der Waals surface area contributed by atoms with E-state index in [2.05, 4.69) is 0 Å². The van der Waals surface area contributed by atoms with E-state index in [1.807, 2.05) is 31.4 Å². The zero-order valence-electron chi connectivity index (χ0n) is 16.3. The number of halogens is 1. The van der Waals surface area contributed by atoms with Gasteiger partial charge in [-0.25, -0.2) is 4.79 Å². The highest BCUT2D eigenvalue weighted by atomic mass is 35.5. The summed E-state index contributed by atoms with van der Waals surface area (Å²) < 4.78 is 7.26. The van der Waals surface area contributed by atoms with Gasteiger partial charge in [-0.05, 0) is 51.5 Å². The Bertz CT molecular complexity index is 948. The van der Waals surface area contributed by atoms with E-state index in [0.29, 0.717) is 29.2 Å². The van der Waals surface area contributed by atoms with Gasteiger partial charge in [0.05, 0.1) is 16.3 Å². The van der Waals surface area contributed by atoms with Gasteiger partial charge in [-0.1, -0.05) is 11.6 Å². The van der Waals surface area contributed by atoms with Gasteiger partial charge < -0.3 is 14.2 Å². The number of anilines is 1. The monoisotopic (exact) mass is 402 g/mol. The van der Waals surface area contributed by atoms with E-state index < -0.39 is 5.97 Å². The van der Waals surface area contributed by atoms with Crippen LogP contribution in [0.5, 0.6) is 0 Å². The van der Waals surface area contributed by atoms with Crippen LogP contribution in [0.1, 0.15) is 51.9 Å². The van der Waals surface area contributed by atoms with Crippen LogP contribution in [-0.2, 0) is 16.1 Å². The molecule has 0 atom stereocenters. The fraction of sp³-hybridized carbons (Fsp3) is 0.381. The SMILES string of the molecule is CCn1c(C)cc(C(=O)COC(=O)c2ccc(Cl)c(N3CCCC3=O)c2)c1C. The quantitative estimate of drug-likeness (QED) is 0.542. The lowest BCUT2D eigenvalue weighted by Crippen LogP contribution is -2.24. The number of hydrogen-bond acceptors (Lipinski definition) is 4. The number of ether oxygens (including phenoxy) is 1. The van der Waals surface area contributed by atoms with Crippen LogP contribution in [0, 0.1) is 13.8 Å². The predicted octanol–water partition coefficient (Wildman–Crippen LogP) is 3.94. The summed E-state index contributed by atoms with van der Waals surface area (Å²) in [7, 11) is 0. The number of esters is 1. The third-order valence-corrected chi connectivity index (χ3v) is 5.39. The molecule has 1 saturated heterocycles. The van der Waals surface area contributed by atoms with E-state index in [1.54, 1.807) is 17.0 Å². The van der Waals surface area contributed by atoms with E-state index >= 15 is 0 Å². The van der Waals surface area contributed by atoms with Gasteiger partial charge in [-0.15, -0.1) is 0 Å². The van der Waals surface area contributed by atoms with Crippen LogP contribution >= 0.6 is 11.6 Å². The highest BCUT2D eigenvalue weighted by Gasteiger charge is 2.25. The number of aryl methyl sites for hydroxylation is 1. The molecule has 1 aliphatic rings. The molecule has 0 spiro atoms. The molecule has 7 heteroatoms. The maximum Gasteiger partial charge on any atom is 0.338 e. The smallest absolute Gasteiger partial charge is 0.338 e. The number of amides is 1. The van der Waals surface area contributed by atoms with Crippen molar-refractivity contribution in [1.82, 2.24) is 4.57 Å². The van der Waals surface area contributed by atoms with E-state index in [0.717, 1.165) is 24.4 Å². The van der Waals surface area contributed by atoms with Crippen LogP contribution < -0.4 is 4.90 Å². The van der Waals surface area contributed by atoms with Gasteiger partial charge in [-0.3, -0.25) is 9.59 Å². The molecule has 1 fully saturated rings. The maximum absolute atomic E-state index is 12.5. The number of benzene rings is 1. The van der Waals surface area contributed by atoms with Crippen LogP contribution in [-0.4, -0.2) is 35.4 Å². The molecule has 0 bridgehead atoms. The summed E-state index contributed by atoms with van der Waals surface area (Å²) in [6, 6.07) is 6.45. The molecule has 0 aliphatic carbocycles. The Labute approximate surface area is 169 Å². The number of carbonyl (C=O) groups is 3. The van der Waals surface area contributed by atoms with Gasteiger partial charge in [0.15, 0.2) is 6.61 Å². The lowest BCUT2D eigenvalue weighted by atomic mass is 10.1. The highest BCUT2D eigenvalue weighted by molar-refractivity contribution is 6.34. The first-order valence-corrected chi connectivity index (χ1v) is 9.68. The van der Waals surface area contributed by atoms with Crippen LogP contribution in [0.15, 0.2) is 24.3 Å². The molecule has 2 heterocycles. The summed E-state index contributed by atoms with van der Waals surface area (Å²) in [6.07, 6.45) is 1.23. The average molecular weight is 403 g/mol. The fourth-order valence-corrected chi connectivity index (χ4v) is 3.83. The summed E-state index contributed by atoms with van der Waals surface area (Å²) in [4.78, 5) is 38.5. The van der Waals surface area contributed by atoms with Crippen molar-refractivity contribution in [3.63, 3.8) is 0 Å². The molecule has 0 saturated carbocycles.